The molecule has 192 valence electrons. The van der Waals surface area contributed by atoms with Crippen LogP contribution in [-0.2, 0) is 32.1 Å². The number of benzene rings is 3. The van der Waals surface area contributed by atoms with Gasteiger partial charge in [0.15, 0.2) is 5.78 Å². The largest absolute Gasteiger partial charge is 0.461 e. The van der Waals surface area contributed by atoms with Gasteiger partial charge in [0.1, 0.15) is 13.2 Å². The summed E-state index contributed by atoms with van der Waals surface area (Å²) >= 11 is 0. The van der Waals surface area contributed by atoms with Crippen LogP contribution >= 0.6 is 0 Å². The Bertz CT molecular complexity index is 1220. The smallest absolute Gasteiger partial charge is 0.407 e. The van der Waals surface area contributed by atoms with Gasteiger partial charge in [-0.3, -0.25) is 9.59 Å². The molecular weight excluding hydrogens is 466 g/mol. The van der Waals surface area contributed by atoms with E-state index in [1.54, 1.807) is 0 Å². The highest BCUT2D eigenvalue weighted by Gasteiger charge is 2.30. The Hall–Kier alpha value is -3.93. The van der Waals surface area contributed by atoms with Gasteiger partial charge in [-0.05, 0) is 45.7 Å². The van der Waals surface area contributed by atoms with Gasteiger partial charge < -0.3 is 14.8 Å². The predicted octanol–water partition coefficient (Wildman–Crippen LogP) is 5.81. The zero-order chi connectivity index (χ0) is 26.4. The summed E-state index contributed by atoms with van der Waals surface area (Å²) in [6, 6.07) is 23.1. The van der Waals surface area contributed by atoms with E-state index in [2.05, 4.69) is 29.6 Å². The van der Waals surface area contributed by atoms with Crippen LogP contribution in [0.2, 0.25) is 0 Å². The van der Waals surface area contributed by atoms with Crippen LogP contribution in [0.5, 0.6) is 0 Å². The van der Waals surface area contributed by atoms with E-state index in [1.165, 1.54) is 18.1 Å². The fourth-order valence-corrected chi connectivity index (χ4v) is 4.79. The first kappa shape index (κ1) is 26.1. The second-order valence-corrected chi connectivity index (χ2v) is 9.89. The third kappa shape index (κ3) is 6.64. The normalized spacial score (nSPS) is 13.0. The van der Waals surface area contributed by atoms with Crippen molar-refractivity contribution in [3.8, 4) is 11.1 Å². The van der Waals surface area contributed by atoms with Crippen molar-refractivity contribution in [2.24, 2.45) is 5.92 Å². The van der Waals surface area contributed by atoms with Crippen molar-refractivity contribution >= 4 is 17.8 Å². The Morgan fingerprint density at radius 1 is 0.811 bits per heavy atom. The van der Waals surface area contributed by atoms with Crippen LogP contribution in [0.3, 0.4) is 0 Å². The maximum Gasteiger partial charge on any atom is 0.407 e. The van der Waals surface area contributed by atoms with Gasteiger partial charge in [-0.25, -0.2) is 4.79 Å². The number of nitrogens with one attached hydrogen (secondary N) is 1. The molecule has 3 aromatic carbocycles. The highest BCUT2D eigenvalue weighted by atomic mass is 16.5. The summed E-state index contributed by atoms with van der Waals surface area (Å²) in [5.41, 5.74) is 6.30. The number of carbonyl (C=O) groups is 3. The topological polar surface area (TPSA) is 81.7 Å². The summed E-state index contributed by atoms with van der Waals surface area (Å²) in [6.07, 6.45) is 0.125. The number of fused-ring (bicyclic) bond motifs is 3. The molecule has 0 heterocycles. The van der Waals surface area contributed by atoms with Gasteiger partial charge in [0.05, 0.1) is 6.04 Å². The van der Waals surface area contributed by atoms with E-state index in [4.69, 9.17) is 9.47 Å². The molecule has 1 aliphatic carbocycles. The van der Waals surface area contributed by atoms with Gasteiger partial charge in [-0.15, -0.1) is 0 Å². The fraction of sp³-hybridized carbons (Fsp3) is 0.323. The molecule has 37 heavy (non-hydrogen) atoms. The van der Waals surface area contributed by atoms with Crippen molar-refractivity contribution in [3.05, 3.63) is 95.1 Å². The van der Waals surface area contributed by atoms with Gasteiger partial charge in [-0.1, -0.05) is 86.6 Å². The molecular formula is C31H33NO5. The summed E-state index contributed by atoms with van der Waals surface area (Å²) in [5, 5.41) is 2.82. The number of hydrogen-bond acceptors (Lipinski definition) is 5. The molecule has 1 aliphatic rings. The number of alkyl carbamates (subject to hydrolysis) is 1. The summed E-state index contributed by atoms with van der Waals surface area (Å²) in [7, 11) is 0. The van der Waals surface area contributed by atoms with Crippen molar-refractivity contribution in [2.45, 2.75) is 52.2 Å². The minimum atomic E-state index is -0.642. The first-order chi connectivity index (χ1) is 17.8. The van der Waals surface area contributed by atoms with Gasteiger partial charge in [0, 0.05) is 19.3 Å². The van der Waals surface area contributed by atoms with Crippen LogP contribution in [0.25, 0.3) is 11.1 Å². The predicted molar refractivity (Wildman–Crippen MR) is 142 cm³/mol. The Kier molecular flexibility index (Phi) is 8.39. The first-order valence-electron chi connectivity index (χ1n) is 12.7. The molecule has 0 aliphatic heterocycles. The highest BCUT2D eigenvalue weighted by molar-refractivity contribution is 5.89. The zero-order valence-corrected chi connectivity index (χ0v) is 21.5. The molecule has 0 fully saturated rings. The Balaban J connectivity index is 1.37. The summed E-state index contributed by atoms with van der Waals surface area (Å²) in [6.45, 7) is 5.80. The van der Waals surface area contributed by atoms with Crippen molar-refractivity contribution < 1.29 is 23.9 Å². The minimum Gasteiger partial charge on any atom is -0.461 e. The molecule has 0 saturated heterocycles. The van der Waals surface area contributed by atoms with Gasteiger partial charge >= 0.3 is 12.1 Å². The number of ketones is 1. The quantitative estimate of drug-likeness (QED) is 0.356. The molecule has 6 nitrogen and oxygen atoms in total. The lowest BCUT2D eigenvalue weighted by Gasteiger charge is -2.21. The molecule has 4 rings (SSSR count). The molecule has 1 atom stereocenters. The molecule has 0 bridgehead atoms. The molecule has 0 radical (unpaired) electrons. The summed E-state index contributed by atoms with van der Waals surface area (Å²) < 4.78 is 10.7. The first-order valence-corrected chi connectivity index (χ1v) is 12.7. The van der Waals surface area contributed by atoms with E-state index in [-0.39, 0.29) is 43.2 Å². The van der Waals surface area contributed by atoms with Crippen LogP contribution in [0.1, 0.15) is 55.4 Å². The number of amides is 1. The van der Waals surface area contributed by atoms with Crippen molar-refractivity contribution in [1.29, 1.82) is 0 Å². The number of esters is 1. The van der Waals surface area contributed by atoms with Crippen LogP contribution in [0.4, 0.5) is 4.79 Å². The Morgan fingerprint density at radius 3 is 1.95 bits per heavy atom. The molecule has 1 N–H and O–H groups in total. The minimum absolute atomic E-state index is 0.0390. The summed E-state index contributed by atoms with van der Waals surface area (Å²) in [4.78, 5) is 36.9. The third-order valence-electron chi connectivity index (χ3n) is 6.57. The average molecular weight is 500 g/mol. The van der Waals surface area contributed by atoms with E-state index in [9.17, 15) is 14.4 Å². The number of Topliss-reactive ketones (excluding diaryl/α,β-unsaturated/α-hetero) is 1. The van der Waals surface area contributed by atoms with Crippen molar-refractivity contribution in [2.75, 3.05) is 6.61 Å². The third-order valence-corrected chi connectivity index (χ3v) is 6.57. The van der Waals surface area contributed by atoms with Crippen LogP contribution in [-0.4, -0.2) is 30.5 Å². The molecule has 0 unspecified atom stereocenters. The fourth-order valence-electron chi connectivity index (χ4n) is 4.79. The van der Waals surface area contributed by atoms with Crippen LogP contribution in [0, 0.1) is 5.92 Å². The van der Waals surface area contributed by atoms with Crippen molar-refractivity contribution in [3.63, 3.8) is 0 Å². The lowest BCUT2D eigenvalue weighted by molar-refractivity contribution is -0.142. The number of ether oxygens (including phenoxy) is 2. The molecule has 3 aromatic rings. The number of hydrogen-bond donors (Lipinski definition) is 1. The standard InChI is InChI=1S/C31H33NO5/c1-20(2)16-29(30(34)17-22-12-14-23(15-13-22)18-36-21(3)33)32-31(35)37-19-28-26-10-6-4-8-24(26)25-9-5-7-11-27(25)28/h4-15,20,28-29H,16-19H2,1-3H3,(H,32,35)/t29-/m0/s1. The maximum absolute atomic E-state index is 13.1. The number of carbonyl (C=O) groups excluding carboxylic acids is 3. The second-order valence-electron chi connectivity index (χ2n) is 9.89. The van der Waals surface area contributed by atoms with Crippen molar-refractivity contribution in [1.82, 2.24) is 5.32 Å². The van der Waals surface area contributed by atoms with Gasteiger partial charge in [0.25, 0.3) is 0 Å². The molecule has 0 spiro atoms. The highest BCUT2D eigenvalue weighted by Crippen LogP contribution is 2.44. The lowest BCUT2D eigenvalue weighted by Crippen LogP contribution is -2.43. The average Bonchev–Trinajstić information content (AvgIpc) is 3.20. The monoisotopic (exact) mass is 499 g/mol. The number of rotatable bonds is 10. The molecule has 1 amide bonds. The molecule has 0 aromatic heterocycles. The van der Waals surface area contributed by atoms with Gasteiger partial charge in [0.2, 0.25) is 0 Å². The van der Waals surface area contributed by atoms with E-state index in [0.717, 1.165) is 22.3 Å². The van der Waals surface area contributed by atoms with Crippen LogP contribution < -0.4 is 5.32 Å². The zero-order valence-electron chi connectivity index (χ0n) is 21.5. The molecule has 0 saturated carbocycles. The van der Waals surface area contributed by atoms with E-state index < -0.39 is 12.1 Å². The van der Waals surface area contributed by atoms with Crippen LogP contribution in [0.15, 0.2) is 72.8 Å². The second kappa shape index (κ2) is 11.9. The summed E-state index contributed by atoms with van der Waals surface area (Å²) in [5.74, 6) is -0.234. The lowest BCUT2D eigenvalue weighted by atomic mass is 9.96. The van der Waals surface area contributed by atoms with Gasteiger partial charge in [-0.2, -0.15) is 0 Å². The Labute approximate surface area is 218 Å². The van der Waals surface area contributed by atoms with E-state index >= 15 is 0 Å². The van der Waals surface area contributed by atoms with E-state index in [1.807, 2.05) is 62.4 Å². The van der Waals surface area contributed by atoms with E-state index in [0.29, 0.717) is 6.42 Å². The molecule has 6 heteroatoms. The Morgan fingerprint density at radius 2 is 1.38 bits per heavy atom. The maximum atomic E-state index is 13.1. The SMILES string of the molecule is CC(=O)OCc1ccc(CC(=O)[C@H](CC(C)C)NC(=O)OCC2c3ccccc3-c3ccccc32)cc1.